The van der Waals surface area contributed by atoms with E-state index in [0.717, 1.165) is 6.42 Å². The third-order valence-electron chi connectivity index (χ3n) is 4.41. The molecular formula is C17H19N5O4S. The number of aryl methyl sites for hydroxylation is 2. The Labute approximate surface area is 155 Å². The summed E-state index contributed by atoms with van der Waals surface area (Å²) in [5.41, 5.74) is 1.44. The first kappa shape index (κ1) is 17.5. The fraction of sp³-hybridized carbons (Fsp3) is 0.353. The molecule has 0 fully saturated rings. The number of fused-ring (bicyclic) bond motifs is 2. The van der Waals surface area contributed by atoms with Gasteiger partial charge in [0.2, 0.25) is 0 Å². The lowest BCUT2D eigenvalue weighted by molar-refractivity contribution is 0.341. The molecule has 0 unspecified atom stereocenters. The fourth-order valence-corrected chi connectivity index (χ4v) is 4.38. The Morgan fingerprint density at radius 2 is 2.04 bits per heavy atom. The van der Waals surface area contributed by atoms with Crippen molar-refractivity contribution in [1.82, 2.24) is 19.6 Å². The number of rotatable bonds is 5. The lowest BCUT2D eigenvalue weighted by atomic mass is 10.1. The molecule has 1 aromatic carbocycles. The highest BCUT2D eigenvalue weighted by atomic mass is 32.2. The largest absolute Gasteiger partial charge is 0.493 e. The molecule has 1 aliphatic rings. The van der Waals surface area contributed by atoms with Crippen molar-refractivity contribution in [3.05, 3.63) is 34.0 Å². The third-order valence-corrected chi connectivity index (χ3v) is 5.80. The first-order chi connectivity index (χ1) is 12.9. The van der Waals surface area contributed by atoms with E-state index in [2.05, 4.69) is 19.8 Å². The number of H-pyrrole nitrogens is 1. The Hall–Kier alpha value is -2.88. The topological polar surface area (TPSA) is 118 Å². The van der Waals surface area contributed by atoms with Gasteiger partial charge in [0, 0.05) is 6.42 Å². The zero-order valence-electron chi connectivity index (χ0n) is 15.2. The summed E-state index contributed by atoms with van der Waals surface area (Å²) < 4.78 is 33.5. The molecule has 2 N–H and O–H groups in total. The van der Waals surface area contributed by atoms with Crippen molar-refractivity contribution in [1.29, 1.82) is 0 Å². The van der Waals surface area contributed by atoms with Crippen molar-refractivity contribution in [2.45, 2.75) is 38.5 Å². The van der Waals surface area contributed by atoms with Crippen molar-refractivity contribution in [2.24, 2.45) is 0 Å². The molecule has 2 aromatic heterocycles. The van der Waals surface area contributed by atoms with E-state index in [1.807, 2.05) is 13.8 Å². The second kappa shape index (κ2) is 6.08. The molecular weight excluding hydrogens is 370 g/mol. The summed E-state index contributed by atoms with van der Waals surface area (Å²) in [7, 11) is -3.51. The minimum Gasteiger partial charge on any atom is -0.493 e. The molecule has 0 spiro atoms. The van der Waals surface area contributed by atoms with Crippen LogP contribution in [0.3, 0.4) is 0 Å². The van der Waals surface area contributed by atoms with Crippen LogP contribution < -0.4 is 15.0 Å². The highest BCUT2D eigenvalue weighted by Crippen LogP contribution is 2.45. The van der Waals surface area contributed by atoms with Gasteiger partial charge < -0.3 is 9.72 Å². The number of nitrogens with one attached hydrogen (secondary N) is 2. The predicted octanol–water partition coefficient (Wildman–Crippen LogP) is 1.86. The quantitative estimate of drug-likeness (QED) is 0.687. The molecule has 0 amide bonds. The highest BCUT2D eigenvalue weighted by Gasteiger charge is 2.35. The van der Waals surface area contributed by atoms with Gasteiger partial charge in [-0.1, -0.05) is 6.92 Å². The van der Waals surface area contributed by atoms with Gasteiger partial charge in [-0.25, -0.2) is 17.9 Å². The second-order valence-corrected chi connectivity index (χ2v) is 7.93. The standard InChI is InChI=1S/C17H19N5O4S/c1-4-6-12-18-9(3)15-17(23)19-16(20-22(12)15)13-10(26-5-2)7-8-11-14(13)21-27(11,24)25/h7-8,21H,4-6H2,1-3H3,(H,19,20,23). The predicted molar refractivity (Wildman–Crippen MR) is 99.8 cm³/mol. The SMILES string of the molecule is CCCc1nc(C)c2c(=O)[nH]c(-c3c(OCC)ccc4c3NS4(=O)=O)nn12. The molecule has 0 aliphatic carbocycles. The van der Waals surface area contributed by atoms with E-state index in [-0.39, 0.29) is 16.3 Å². The summed E-state index contributed by atoms with van der Waals surface area (Å²) in [6, 6.07) is 3.06. The number of imidazole rings is 1. The van der Waals surface area contributed by atoms with Crippen LogP contribution in [-0.4, -0.2) is 34.6 Å². The van der Waals surface area contributed by atoms with Crippen LogP contribution in [0.5, 0.6) is 5.75 Å². The van der Waals surface area contributed by atoms with E-state index in [1.54, 1.807) is 13.0 Å². The molecule has 3 heterocycles. The lowest BCUT2D eigenvalue weighted by Gasteiger charge is -2.25. The average Bonchev–Trinajstić information content (AvgIpc) is 2.91. The molecule has 0 saturated heterocycles. The zero-order chi connectivity index (χ0) is 19.3. The maximum absolute atomic E-state index is 12.7. The fourth-order valence-electron chi connectivity index (χ4n) is 3.28. The maximum atomic E-state index is 12.7. The molecule has 9 nitrogen and oxygen atoms in total. The Bertz CT molecular complexity index is 1230. The average molecular weight is 389 g/mol. The molecule has 4 rings (SSSR count). The Balaban J connectivity index is 2.02. The summed E-state index contributed by atoms with van der Waals surface area (Å²) in [6.45, 7) is 5.99. The van der Waals surface area contributed by atoms with Gasteiger partial charge in [0.05, 0.1) is 23.6 Å². The summed E-state index contributed by atoms with van der Waals surface area (Å²) in [6.07, 6.45) is 1.52. The van der Waals surface area contributed by atoms with Gasteiger partial charge in [-0.3, -0.25) is 9.52 Å². The van der Waals surface area contributed by atoms with E-state index in [0.29, 0.717) is 47.1 Å². The number of hydrogen-bond acceptors (Lipinski definition) is 6. The molecule has 10 heteroatoms. The minimum atomic E-state index is -3.51. The van der Waals surface area contributed by atoms with Crippen molar-refractivity contribution < 1.29 is 13.2 Å². The lowest BCUT2D eigenvalue weighted by Crippen LogP contribution is -2.26. The normalized spacial score (nSPS) is 14.5. The number of ether oxygens (including phenoxy) is 1. The number of nitrogens with zero attached hydrogens (tertiary/aromatic N) is 3. The first-order valence-corrected chi connectivity index (χ1v) is 10.2. The number of aromatic nitrogens is 4. The van der Waals surface area contributed by atoms with Crippen molar-refractivity contribution in [2.75, 3.05) is 11.3 Å². The van der Waals surface area contributed by atoms with E-state index in [9.17, 15) is 13.2 Å². The van der Waals surface area contributed by atoms with Crippen LogP contribution >= 0.6 is 0 Å². The third kappa shape index (κ3) is 2.59. The van der Waals surface area contributed by atoms with E-state index < -0.39 is 10.0 Å². The molecule has 142 valence electrons. The summed E-state index contributed by atoms with van der Waals surface area (Å²) in [5, 5.41) is 4.56. The van der Waals surface area contributed by atoms with Gasteiger partial charge in [-0.2, -0.15) is 0 Å². The molecule has 0 radical (unpaired) electrons. The Morgan fingerprint density at radius 1 is 1.26 bits per heavy atom. The Kier molecular flexibility index (Phi) is 3.95. The highest BCUT2D eigenvalue weighted by molar-refractivity contribution is 7.94. The van der Waals surface area contributed by atoms with Gasteiger partial charge in [0.15, 0.2) is 11.3 Å². The van der Waals surface area contributed by atoms with Crippen LogP contribution in [-0.2, 0) is 16.4 Å². The molecule has 1 aliphatic heterocycles. The first-order valence-electron chi connectivity index (χ1n) is 8.68. The summed E-state index contributed by atoms with van der Waals surface area (Å²) >= 11 is 0. The van der Waals surface area contributed by atoms with E-state index >= 15 is 0 Å². The number of sulfonamides is 1. The van der Waals surface area contributed by atoms with Gasteiger partial charge in [0.1, 0.15) is 16.5 Å². The summed E-state index contributed by atoms with van der Waals surface area (Å²) in [4.78, 5) is 20.0. The molecule has 3 aromatic rings. The van der Waals surface area contributed by atoms with Gasteiger partial charge in [-0.15, -0.1) is 5.10 Å². The number of aromatic amines is 1. The molecule has 27 heavy (non-hydrogen) atoms. The van der Waals surface area contributed by atoms with Gasteiger partial charge in [0.25, 0.3) is 15.6 Å². The van der Waals surface area contributed by atoms with Crippen LogP contribution in [0.2, 0.25) is 0 Å². The summed E-state index contributed by atoms with van der Waals surface area (Å²) in [5.74, 6) is 1.35. The number of benzene rings is 1. The van der Waals surface area contributed by atoms with Crippen molar-refractivity contribution in [3.8, 4) is 17.1 Å². The maximum Gasteiger partial charge on any atom is 0.277 e. The van der Waals surface area contributed by atoms with Crippen LogP contribution in [0.1, 0.15) is 31.8 Å². The minimum absolute atomic E-state index is 0.152. The number of anilines is 1. The second-order valence-electron chi connectivity index (χ2n) is 6.28. The number of hydrogen-bond donors (Lipinski definition) is 2. The van der Waals surface area contributed by atoms with Crippen LogP contribution in [0.4, 0.5) is 5.69 Å². The van der Waals surface area contributed by atoms with Crippen LogP contribution in [0.25, 0.3) is 16.9 Å². The molecule has 0 atom stereocenters. The smallest absolute Gasteiger partial charge is 0.277 e. The molecule has 0 saturated carbocycles. The molecule has 0 bridgehead atoms. The van der Waals surface area contributed by atoms with Crippen molar-refractivity contribution in [3.63, 3.8) is 0 Å². The van der Waals surface area contributed by atoms with Gasteiger partial charge in [-0.05, 0) is 32.4 Å². The van der Waals surface area contributed by atoms with Crippen molar-refractivity contribution >= 4 is 21.2 Å². The zero-order valence-corrected chi connectivity index (χ0v) is 16.0. The van der Waals surface area contributed by atoms with Crippen LogP contribution in [0, 0.1) is 6.92 Å². The monoisotopic (exact) mass is 389 g/mol. The Morgan fingerprint density at radius 3 is 2.70 bits per heavy atom. The van der Waals surface area contributed by atoms with Gasteiger partial charge >= 0.3 is 0 Å². The van der Waals surface area contributed by atoms with E-state index in [1.165, 1.54) is 10.6 Å². The van der Waals surface area contributed by atoms with E-state index in [4.69, 9.17) is 4.74 Å². The van der Waals surface area contributed by atoms with Crippen LogP contribution in [0.15, 0.2) is 21.8 Å².